The Labute approximate surface area is 434 Å². The van der Waals surface area contributed by atoms with Crippen molar-refractivity contribution in [1.82, 2.24) is 39.8 Å². The number of aromatic hydroxyl groups is 1. The van der Waals surface area contributed by atoms with E-state index < -0.39 is 42.6 Å². The predicted molar refractivity (Wildman–Crippen MR) is 273 cm³/mol. The third-order valence-electron chi connectivity index (χ3n) is 12.4. The van der Waals surface area contributed by atoms with E-state index in [9.17, 15) is 49.8 Å². The quantitative estimate of drug-likeness (QED) is 0.0427. The molecule has 0 unspecified atom stereocenters. The van der Waals surface area contributed by atoms with Crippen molar-refractivity contribution >= 4 is 57.5 Å². The van der Waals surface area contributed by atoms with Gasteiger partial charge in [0.25, 0.3) is 11.8 Å². The summed E-state index contributed by atoms with van der Waals surface area (Å²) in [4.78, 5) is 33.9. The van der Waals surface area contributed by atoms with Gasteiger partial charge in [-0.05, 0) is 99.2 Å². The summed E-state index contributed by atoms with van der Waals surface area (Å²) in [5.74, 6) is -1.65. The number of phenols is 1. The number of nitrogens with zero attached hydrogens (tertiary/aromatic N) is 6. The molecule has 10 rings (SSSR count). The minimum absolute atomic E-state index is 0.0224. The van der Waals surface area contributed by atoms with Crippen LogP contribution in [-0.4, -0.2) is 90.8 Å². The Morgan fingerprint density at radius 2 is 1.06 bits per heavy atom. The standard InChI is InChI=1S/C27H26F4N6O2.C26H24F4N6O2/c1-15-11-16(3-7-19(15)26(38)35-17-4-5-17)22-14-33-25-21(32-10-9-27(29,30)31)13-24(36-37(22)25)34-18-6-8-20(28)23(12-18)39-2;1-14-10-15(2-6-18(14)25(38)34-16-3-4-16)21-13-32-24-20(31-9-8-26(28,29)30)12-23(35-36(21)24)33-17-5-7-19(27)22(37)11-17/h3,6-8,11-14,17,32H,4-5,9-10H2,1-2H3,(H,34,36)(H,35,38);2,5-7,10-13,16,31,37H,3-4,8-9H2,1H3,(H,33,35)(H,34,38). The highest BCUT2D eigenvalue weighted by molar-refractivity contribution is 5.97. The van der Waals surface area contributed by atoms with E-state index >= 15 is 0 Å². The van der Waals surface area contributed by atoms with Crippen LogP contribution in [0.25, 0.3) is 33.8 Å². The molecule has 402 valence electrons. The highest BCUT2D eigenvalue weighted by atomic mass is 19.4. The Hall–Kier alpha value is -8.70. The molecule has 77 heavy (non-hydrogen) atoms. The molecular formula is C53H50F8N12O4. The van der Waals surface area contributed by atoms with Crippen LogP contribution in [0, 0.1) is 25.5 Å². The number of hydrogen-bond donors (Lipinski definition) is 7. The number of carbonyl (C=O) groups is 2. The van der Waals surface area contributed by atoms with Crippen molar-refractivity contribution in [2.24, 2.45) is 0 Å². The van der Waals surface area contributed by atoms with Gasteiger partial charge in [0.1, 0.15) is 0 Å². The van der Waals surface area contributed by atoms with E-state index in [1.807, 2.05) is 26.0 Å². The number of ether oxygens (including phenoxy) is 1. The van der Waals surface area contributed by atoms with Gasteiger partial charge in [0.2, 0.25) is 0 Å². The fourth-order valence-corrected chi connectivity index (χ4v) is 8.15. The minimum atomic E-state index is -4.34. The number of nitrogens with one attached hydrogen (secondary N) is 6. The molecule has 8 aromatic rings. The lowest BCUT2D eigenvalue weighted by molar-refractivity contribution is -0.132. The fraction of sp³-hybridized carbons (Fsp3) is 0.283. The molecule has 4 aromatic carbocycles. The number of methoxy groups -OCH3 is 1. The molecule has 0 bridgehead atoms. The SMILES string of the molecule is COc1cc(Nc2cc(NCCC(F)(F)F)c3ncc(-c4ccc(C(=O)NC5CC5)c(C)c4)n3n2)ccc1F.Cc1cc(-c2cnc3c(NCCC(F)(F)F)cc(Nc4ccc(F)c(O)c4)nn23)ccc1C(=O)NC1CC1. The number of anilines is 6. The largest absolute Gasteiger partial charge is 0.505 e. The average Bonchev–Trinajstić information content (AvgIpc) is 4.36. The van der Waals surface area contributed by atoms with Crippen LogP contribution >= 0.6 is 0 Å². The number of imidazole rings is 2. The first-order valence-corrected chi connectivity index (χ1v) is 24.3. The molecule has 24 heteroatoms. The van der Waals surface area contributed by atoms with Crippen LogP contribution < -0.4 is 36.6 Å². The van der Waals surface area contributed by atoms with Gasteiger partial charge in [0, 0.05) is 83.1 Å². The third kappa shape index (κ3) is 13.2. The summed E-state index contributed by atoms with van der Waals surface area (Å²) >= 11 is 0. The zero-order valence-electron chi connectivity index (χ0n) is 41.4. The van der Waals surface area contributed by atoms with Gasteiger partial charge < -0.3 is 41.7 Å². The number of alkyl halides is 6. The van der Waals surface area contributed by atoms with Crippen molar-refractivity contribution in [2.75, 3.05) is 41.5 Å². The maximum Gasteiger partial charge on any atom is 0.390 e. The van der Waals surface area contributed by atoms with Gasteiger partial charge in [0.15, 0.2) is 46.1 Å². The Kier molecular flexibility index (Phi) is 15.1. The molecule has 2 saturated carbocycles. The normalized spacial score (nSPS) is 13.4. The second kappa shape index (κ2) is 21.9. The first-order valence-electron chi connectivity index (χ1n) is 24.3. The maximum absolute atomic E-state index is 13.9. The first kappa shape index (κ1) is 53.1. The van der Waals surface area contributed by atoms with Crippen molar-refractivity contribution in [3.63, 3.8) is 0 Å². The fourth-order valence-electron chi connectivity index (χ4n) is 8.15. The molecule has 2 aliphatic rings. The molecule has 4 aromatic heterocycles. The van der Waals surface area contributed by atoms with Crippen molar-refractivity contribution in [3.05, 3.63) is 131 Å². The number of benzene rings is 4. The molecule has 2 fully saturated rings. The number of aromatic nitrogens is 6. The number of phenolic OH excluding ortho intramolecular Hbond substituents is 1. The summed E-state index contributed by atoms with van der Waals surface area (Å²) < 4.78 is 112. The molecule has 0 saturated heterocycles. The number of hydrogen-bond acceptors (Lipinski definition) is 12. The summed E-state index contributed by atoms with van der Waals surface area (Å²) in [6.07, 6.45) is -3.71. The zero-order valence-corrected chi connectivity index (χ0v) is 41.4. The Morgan fingerprint density at radius 1 is 0.623 bits per heavy atom. The summed E-state index contributed by atoms with van der Waals surface area (Å²) in [7, 11) is 1.34. The molecule has 2 amide bonds. The van der Waals surface area contributed by atoms with Crippen LogP contribution in [0.1, 0.15) is 70.4 Å². The highest BCUT2D eigenvalue weighted by Gasteiger charge is 2.29. The predicted octanol–water partition coefficient (Wildman–Crippen LogP) is 11.4. The van der Waals surface area contributed by atoms with E-state index in [-0.39, 0.29) is 54.4 Å². The molecule has 7 N–H and O–H groups in total. The molecule has 4 heterocycles. The van der Waals surface area contributed by atoms with Crippen LogP contribution in [0.3, 0.4) is 0 Å². The van der Waals surface area contributed by atoms with Crippen molar-refractivity contribution < 1.29 is 54.6 Å². The van der Waals surface area contributed by atoms with Gasteiger partial charge in [0.05, 0.1) is 55.1 Å². The number of carbonyl (C=O) groups excluding carboxylic acids is 2. The van der Waals surface area contributed by atoms with Crippen LogP contribution in [0.5, 0.6) is 11.5 Å². The van der Waals surface area contributed by atoms with Gasteiger partial charge in [-0.2, -0.15) is 26.3 Å². The number of aryl methyl sites for hydroxylation is 2. The third-order valence-corrected chi connectivity index (χ3v) is 12.4. The summed E-state index contributed by atoms with van der Waals surface area (Å²) in [6, 6.07) is 21.9. The summed E-state index contributed by atoms with van der Waals surface area (Å²) in [5, 5.41) is 36.3. The van der Waals surface area contributed by atoms with Crippen molar-refractivity contribution in [2.45, 2.75) is 76.8 Å². The molecule has 0 spiro atoms. The van der Waals surface area contributed by atoms with Gasteiger partial charge in [-0.15, -0.1) is 10.2 Å². The lowest BCUT2D eigenvalue weighted by Gasteiger charge is -2.14. The van der Waals surface area contributed by atoms with Crippen molar-refractivity contribution in [3.8, 4) is 34.0 Å². The lowest BCUT2D eigenvalue weighted by Crippen LogP contribution is -2.26. The molecule has 2 aliphatic carbocycles. The summed E-state index contributed by atoms with van der Waals surface area (Å²) in [5.41, 5.74) is 7.17. The van der Waals surface area contributed by atoms with Gasteiger partial charge in [-0.3, -0.25) is 9.59 Å². The van der Waals surface area contributed by atoms with Gasteiger partial charge in [-0.1, -0.05) is 12.1 Å². The second-order valence-corrected chi connectivity index (χ2v) is 18.5. The molecule has 0 radical (unpaired) electrons. The Balaban J connectivity index is 0.000000188. The number of amides is 2. The van der Waals surface area contributed by atoms with Crippen LogP contribution in [0.4, 0.5) is 69.5 Å². The van der Waals surface area contributed by atoms with E-state index in [4.69, 9.17) is 4.74 Å². The van der Waals surface area contributed by atoms with Crippen LogP contribution in [-0.2, 0) is 0 Å². The topological polar surface area (TPSA) is 196 Å². The lowest BCUT2D eigenvalue weighted by atomic mass is 10.0. The van der Waals surface area contributed by atoms with Gasteiger partial charge in [-0.25, -0.2) is 27.8 Å². The van der Waals surface area contributed by atoms with Crippen molar-refractivity contribution in [1.29, 1.82) is 0 Å². The highest BCUT2D eigenvalue weighted by Crippen LogP contribution is 2.33. The smallest absolute Gasteiger partial charge is 0.390 e. The number of fused-ring (bicyclic) bond motifs is 2. The van der Waals surface area contributed by atoms with E-state index in [0.29, 0.717) is 62.1 Å². The Morgan fingerprint density at radius 3 is 1.47 bits per heavy atom. The minimum Gasteiger partial charge on any atom is -0.505 e. The second-order valence-electron chi connectivity index (χ2n) is 18.5. The average molecular weight is 1070 g/mol. The summed E-state index contributed by atoms with van der Waals surface area (Å²) in [6.45, 7) is 2.91. The maximum atomic E-state index is 13.9. The first-order chi connectivity index (χ1) is 36.7. The monoisotopic (exact) mass is 1070 g/mol. The Bertz CT molecular complexity index is 3500. The van der Waals surface area contributed by atoms with Crippen LogP contribution in [0.15, 0.2) is 97.3 Å². The van der Waals surface area contributed by atoms with E-state index in [1.165, 1.54) is 58.6 Å². The zero-order chi connectivity index (χ0) is 54.8. The number of rotatable bonds is 17. The molecular weight excluding hydrogens is 1020 g/mol. The number of halogens is 8. The molecule has 16 nitrogen and oxygen atoms in total. The van der Waals surface area contributed by atoms with Gasteiger partial charge >= 0.3 is 12.4 Å². The molecule has 0 atom stereocenters. The van der Waals surface area contributed by atoms with Crippen LogP contribution in [0.2, 0.25) is 0 Å². The van der Waals surface area contributed by atoms with E-state index in [2.05, 4.69) is 52.1 Å². The molecule has 0 aliphatic heterocycles. The van der Waals surface area contributed by atoms with E-state index in [0.717, 1.165) is 48.4 Å². The van der Waals surface area contributed by atoms with E-state index in [1.54, 1.807) is 36.7 Å².